The summed E-state index contributed by atoms with van der Waals surface area (Å²) in [5, 5.41) is 8.57. The first-order valence-electron chi connectivity index (χ1n) is 4.75. The summed E-state index contributed by atoms with van der Waals surface area (Å²) in [6.07, 6.45) is 2.30. The maximum absolute atomic E-state index is 12.0. The number of carboxylic acids is 1. The minimum absolute atomic E-state index is 0.0720. The first kappa shape index (κ1) is 11.4. The van der Waals surface area contributed by atoms with Crippen molar-refractivity contribution in [3.05, 3.63) is 0 Å². The number of halogens is 2. The lowest BCUT2D eigenvalue weighted by molar-refractivity contribution is -0.186. The Kier molecular flexibility index (Phi) is 4.25. The summed E-state index contributed by atoms with van der Waals surface area (Å²) in [5.74, 6) is -1.20. The van der Waals surface area contributed by atoms with Crippen molar-refractivity contribution in [1.29, 1.82) is 0 Å². The van der Waals surface area contributed by atoms with E-state index in [9.17, 15) is 13.6 Å². The summed E-state index contributed by atoms with van der Waals surface area (Å²) in [5.41, 5.74) is 0. The predicted molar refractivity (Wildman–Crippen MR) is 45.1 cm³/mol. The monoisotopic (exact) mass is 208 g/mol. The first-order chi connectivity index (χ1) is 6.59. The third-order valence-electron chi connectivity index (χ3n) is 2.55. The molecule has 1 aliphatic rings. The van der Waals surface area contributed by atoms with Gasteiger partial charge in [0.15, 0.2) is 0 Å². The topological polar surface area (TPSA) is 46.5 Å². The maximum Gasteiger partial charge on any atom is 0.345 e. The van der Waals surface area contributed by atoms with Crippen molar-refractivity contribution in [1.82, 2.24) is 0 Å². The molecule has 1 N–H and O–H groups in total. The zero-order chi connectivity index (χ0) is 10.6. The molecule has 2 atom stereocenters. The van der Waals surface area contributed by atoms with E-state index in [2.05, 4.69) is 4.74 Å². The number of carboxylic acid groups (broad SMARTS) is 1. The van der Waals surface area contributed by atoms with E-state index in [1.165, 1.54) is 0 Å². The molecule has 14 heavy (non-hydrogen) atoms. The molecule has 1 aliphatic carbocycles. The van der Waals surface area contributed by atoms with Crippen LogP contribution in [0.3, 0.4) is 0 Å². The average molecular weight is 208 g/mol. The lowest BCUT2D eigenvalue weighted by Gasteiger charge is -2.29. The Hall–Kier alpha value is -0.710. The fraction of sp³-hybridized carbons (Fsp3) is 0.889. The standard InChI is InChI=1S/C9H14F2O3/c10-9(11)14-7-4-2-1-3-6(7)5-8(12)13/h6-7,9H,1-5H2,(H,12,13). The smallest absolute Gasteiger partial charge is 0.345 e. The molecule has 0 aromatic carbocycles. The van der Waals surface area contributed by atoms with Crippen LogP contribution in [-0.4, -0.2) is 23.8 Å². The molecular weight excluding hydrogens is 194 g/mol. The largest absolute Gasteiger partial charge is 0.481 e. The van der Waals surface area contributed by atoms with Crippen LogP contribution in [0.2, 0.25) is 0 Å². The van der Waals surface area contributed by atoms with Gasteiger partial charge in [0.25, 0.3) is 0 Å². The summed E-state index contributed by atoms with van der Waals surface area (Å²) < 4.78 is 28.3. The van der Waals surface area contributed by atoms with Crippen molar-refractivity contribution < 1.29 is 23.4 Å². The van der Waals surface area contributed by atoms with E-state index in [4.69, 9.17) is 5.11 Å². The second kappa shape index (κ2) is 5.24. The van der Waals surface area contributed by atoms with Crippen molar-refractivity contribution in [2.24, 2.45) is 5.92 Å². The number of ether oxygens (including phenoxy) is 1. The number of alkyl halides is 2. The maximum atomic E-state index is 12.0. The van der Waals surface area contributed by atoms with E-state index >= 15 is 0 Å². The van der Waals surface area contributed by atoms with E-state index < -0.39 is 18.7 Å². The zero-order valence-corrected chi connectivity index (χ0v) is 7.79. The molecule has 0 spiro atoms. The Morgan fingerprint density at radius 1 is 1.43 bits per heavy atom. The first-order valence-corrected chi connectivity index (χ1v) is 4.75. The van der Waals surface area contributed by atoms with Gasteiger partial charge in [-0.15, -0.1) is 0 Å². The quantitative estimate of drug-likeness (QED) is 0.770. The Morgan fingerprint density at radius 2 is 2.07 bits per heavy atom. The third kappa shape index (κ3) is 3.57. The zero-order valence-electron chi connectivity index (χ0n) is 7.79. The van der Waals surface area contributed by atoms with Crippen LogP contribution in [0.1, 0.15) is 32.1 Å². The average Bonchev–Trinajstić information content (AvgIpc) is 2.06. The highest BCUT2D eigenvalue weighted by Gasteiger charge is 2.29. The lowest BCUT2D eigenvalue weighted by atomic mass is 9.84. The van der Waals surface area contributed by atoms with Gasteiger partial charge in [0.1, 0.15) is 0 Å². The van der Waals surface area contributed by atoms with Gasteiger partial charge < -0.3 is 9.84 Å². The van der Waals surface area contributed by atoms with Gasteiger partial charge in [-0.2, -0.15) is 8.78 Å². The van der Waals surface area contributed by atoms with E-state index in [1.807, 2.05) is 0 Å². The molecule has 1 saturated carbocycles. The van der Waals surface area contributed by atoms with E-state index in [1.54, 1.807) is 0 Å². The van der Waals surface area contributed by atoms with Gasteiger partial charge in [-0.1, -0.05) is 12.8 Å². The lowest BCUT2D eigenvalue weighted by Crippen LogP contribution is -2.31. The van der Waals surface area contributed by atoms with Crippen LogP contribution >= 0.6 is 0 Å². The molecule has 5 heteroatoms. The van der Waals surface area contributed by atoms with Crippen molar-refractivity contribution in [2.45, 2.75) is 44.8 Å². The number of rotatable bonds is 4. The Morgan fingerprint density at radius 3 is 2.64 bits per heavy atom. The molecule has 0 aliphatic heterocycles. The van der Waals surface area contributed by atoms with E-state index in [0.29, 0.717) is 12.8 Å². The molecule has 0 heterocycles. The summed E-state index contributed by atoms with van der Waals surface area (Å²) >= 11 is 0. The summed E-state index contributed by atoms with van der Waals surface area (Å²) in [6.45, 7) is -2.80. The Labute approximate surface area is 81.1 Å². The number of hydrogen-bond donors (Lipinski definition) is 1. The molecule has 1 fully saturated rings. The molecule has 0 aromatic rings. The van der Waals surface area contributed by atoms with Crippen LogP contribution in [-0.2, 0) is 9.53 Å². The fourth-order valence-electron chi connectivity index (χ4n) is 1.94. The molecule has 82 valence electrons. The van der Waals surface area contributed by atoms with Crippen LogP contribution in [0.25, 0.3) is 0 Å². The van der Waals surface area contributed by atoms with Crippen LogP contribution in [0.4, 0.5) is 8.78 Å². The molecule has 0 bridgehead atoms. The van der Waals surface area contributed by atoms with Gasteiger partial charge in [-0.3, -0.25) is 4.79 Å². The highest BCUT2D eigenvalue weighted by molar-refractivity contribution is 5.67. The van der Waals surface area contributed by atoms with Crippen molar-refractivity contribution in [3.8, 4) is 0 Å². The molecule has 1 rings (SSSR count). The highest BCUT2D eigenvalue weighted by Crippen LogP contribution is 2.30. The van der Waals surface area contributed by atoms with Gasteiger partial charge in [-0.05, 0) is 18.8 Å². The normalized spacial score (nSPS) is 27.9. The van der Waals surface area contributed by atoms with Crippen LogP contribution in [0.5, 0.6) is 0 Å². The minimum atomic E-state index is -2.80. The van der Waals surface area contributed by atoms with Crippen molar-refractivity contribution in [3.63, 3.8) is 0 Å². The minimum Gasteiger partial charge on any atom is -0.481 e. The second-order valence-corrected chi connectivity index (χ2v) is 3.58. The molecule has 0 radical (unpaired) electrons. The van der Waals surface area contributed by atoms with Crippen molar-refractivity contribution >= 4 is 5.97 Å². The summed E-state index contributed by atoms with van der Waals surface area (Å²) in [7, 11) is 0. The SMILES string of the molecule is O=C(O)CC1CCCCC1OC(F)F. The number of carbonyl (C=O) groups is 1. The Bertz CT molecular complexity index is 196. The van der Waals surface area contributed by atoms with Crippen LogP contribution in [0.15, 0.2) is 0 Å². The van der Waals surface area contributed by atoms with Gasteiger partial charge in [0.2, 0.25) is 0 Å². The van der Waals surface area contributed by atoms with Gasteiger partial charge in [-0.25, -0.2) is 0 Å². The number of hydrogen-bond acceptors (Lipinski definition) is 2. The van der Waals surface area contributed by atoms with Gasteiger partial charge >= 0.3 is 12.6 Å². The van der Waals surface area contributed by atoms with Gasteiger partial charge in [0.05, 0.1) is 12.5 Å². The molecule has 0 aromatic heterocycles. The summed E-state index contributed by atoms with van der Waals surface area (Å²) in [6, 6.07) is 0. The second-order valence-electron chi connectivity index (χ2n) is 3.58. The highest BCUT2D eigenvalue weighted by atomic mass is 19.3. The van der Waals surface area contributed by atoms with Gasteiger partial charge in [0, 0.05) is 0 Å². The van der Waals surface area contributed by atoms with Crippen molar-refractivity contribution in [2.75, 3.05) is 0 Å². The molecular formula is C9H14F2O3. The Balaban J connectivity index is 2.45. The molecule has 2 unspecified atom stereocenters. The van der Waals surface area contributed by atoms with E-state index in [-0.39, 0.29) is 12.3 Å². The summed E-state index contributed by atoms with van der Waals surface area (Å²) in [4.78, 5) is 10.5. The number of aliphatic carboxylic acids is 1. The van der Waals surface area contributed by atoms with Crippen LogP contribution in [0, 0.1) is 5.92 Å². The van der Waals surface area contributed by atoms with E-state index in [0.717, 1.165) is 12.8 Å². The molecule has 0 amide bonds. The molecule has 0 saturated heterocycles. The fourth-order valence-corrected chi connectivity index (χ4v) is 1.94. The molecule has 3 nitrogen and oxygen atoms in total. The predicted octanol–water partition coefficient (Wildman–Crippen LogP) is 2.26. The third-order valence-corrected chi connectivity index (χ3v) is 2.55. The van der Waals surface area contributed by atoms with Crippen LogP contribution < -0.4 is 0 Å².